The predicted molar refractivity (Wildman–Crippen MR) is 72.5 cm³/mol. The zero-order valence-corrected chi connectivity index (χ0v) is 10.8. The van der Waals surface area contributed by atoms with Crippen molar-refractivity contribution in [2.45, 2.75) is 19.5 Å². The van der Waals surface area contributed by atoms with E-state index in [-0.39, 0.29) is 6.04 Å². The fraction of sp³-hybridized carbons (Fsp3) is 0.267. The van der Waals surface area contributed by atoms with Crippen LogP contribution in [0.2, 0.25) is 0 Å². The summed E-state index contributed by atoms with van der Waals surface area (Å²) >= 11 is 0. The van der Waals surface area contributed by atoms with Crippen molar-refractivity contribution in [3.8, 4) is 5.75 Å². The Bertz CT molecular complexity index is 485. The topological polar surface area (TPSA) is 34.1 Å². The number of nitrogens with one attached hydrogen (secondary N) is 1. The minimum atomic E-state index is 0.282. The van der Waals surface area contributed by atoms with Gasteiger partial charge in [-0.2, -0.15) is 0 Å². The summed E-state index contributed by atoms with van der Waals surface area (Å²) < 4.78 is 5.21. The van der Waals surface area contributed by atoms with Gasteiger partial charge >= 0.3 is 0 Å². The van der Waals surface area contributed by atoms with Gasteiger partial charge in [-0.05, 0) is 36.2 Å². The molecule has 0 aliphatic rings. The van der Waals surface area contributed by atoms with Gasteiger partial charge in [-0.25, -0.2) is 0 Å². The SMILES string of the molecule is COc1cccc(CNC(C)c2cccnc2)c1. The van der Waals surface area contributed by atoms with Crippen LogP contribution in [0, 0.1) is 0 Å². The molecule has 0 radical (unpaired) electrons. The highest BCUT2D eigenvalue weighted by Gasteiger charge is 2.04. The summed E-state index contributed by atoms with van der Waals surface area (Å²) in [6.07, 6.45) is 3.68. The first-order valence-electron chi connectivity index (χ1n) is 6.06. The van der Waals surface area contributed by atoms with Crippen molar-refractivity contribution in [1.82, 2.24) is 10.3 Å². The number of pyridine rings is 1. The molecule has 0 aliphatic carbocycles. The summed E-state index contributed by atoms with van der Waals surface area (Å²) in [5, 5.41) is 3.47. The Morgan fingerprint density at radius 3 is 2.89 bits per heavy atom. The van der Waals surface area contributed by atoms with Crippen LogP contribution in [0.1, 0.15) is 24.1 Å². The lowest BCUT2D eigenvalue weighted by atomic mass is 10.1. The van der Waals surface area contributed by atoms with Gasteiger partial charge in [0, 0.05) is 25.0 Å². The zero-order valence-electron chi connectivity index (χ0n) is 10.8. The van der Waals surface area contributed by atoms with Crippen LogP contribution in [0.25, 0.3) is 0 Å². The van der Waals surface area contributed by atoms with Crippen LogP contribution in [0.3, 0.4) is 0 Å². The number of ether oxygens (including phenoxy) is 1. The van der Waals surface area contributed by atoms with Crippen molar-refractivity contribution in [2.75, 3.05) is 7.11 Å². The third kappa shape index (κ3) is 3.31. The quantitative estimate of drug-likeness (QED) is 0.875. The standard InChI is InChI=1S/C15H18N2O/c1-12(14-6-4-8-16-11-14)17-10-13-5-3-7-15(9-13)18-2/h3-9,11-12,17H,10H2,1-2H3. The molecule has 18 heavy (non-hydrogen) atoms. The maximum Gasteiger partial charge on any atom is 0.119 e. The van der Waals surface area contributed by atoms with Crippen LogP contribution >= 0.6 is 0 Å². The molecular weight excluding hydrogens is 224 g/mol. The highest BCUT2D eigenvalue weighted by atomic mass is 16.5. The van der Waals surface area contributed by atoms with Gasteiger partial charge in [-0.15, -0.1) is 0 Å². The van der Waals surface area contributed by atoms with Gasteiger partial charge in [0.2, 0.25) is 0 Å². The maximum absolute atomic E-state index is 5.21. The molecule has 3 nitrogen and oxygen atoms in total. The molecule has 1 N–H and O–H groups in total. The Labute approximate surface area is 108 Å². The highest BCUT2D eigenvalue weighted by Crippen LogP contribution is 2.14. The Morgan fingerprint density at radius 1 is 1.28 bits per heavy atom. The number of benzene rings is 1. The third-order valence-corrected chi connectivity index (χ3v) is 2.93. The Hall–Kier alpha value is -1.87. The van der Waals surface area contributed by atoms with Crippen molar-refractivity contribution in [2.24, 2.45) is 0 Å². The van der Waals surface area contributed by atoms with Gasteiger partial charge in [0.15, 0.2) is 0 Å². The molecular formula is C15H18N2O. The van der Waals surface area contributed by atoms with Crippen molar-refractivity contribution in [1.29, 1.82) is 0 Å². The van der Waals surface area contributed by atoms with Gasteiger partial charge in [0.25, 0.3) is 0 Å². The van der Waals surface area contributed by atoms with E-state index >= 15 is 0 Å². The Morgan fingerprint density at radius 2 is 2.17 bits per heavy atom. The fourth-order valence-corrected chi connectivity index (χ4v) is 1.80. The van der Waals surface area contributed by atoms with E-state index in [1.54, 1.807) is 13.3 Å². The van der Waals surface area contributed by atoms with Crippen LogP contribution in [0.4, 0.5) is 0 Å². The normalized spacial score (nSPS) is 12.1. The first-order valence-corrected chi connectivity index (χ1v) is 6.06. The summed E-state index contributed by atoms with van der Waals surface area (Å²) in [5.41, 5.74) is 2.41. The van der Waals surface area contributed by atoms with Crippen LogP contribution in [-0.4, -0.2) is 12.1 Å². The number of rotatable bonds is 5. The van der Waals surface area contributed by atoms with Crippen LogP contribution in [0.15, 0.2) is 48.8 Å². The Balaban J connectivity index is 1.95. The van der Waals surface area contributed by atoms with E-state index < -0.39 is 0 Å². The molecule has 0 amide bonds. The number of hydrogen-bond donors (Lipinski definition) is 1. The van der Waals surface area contributed by atoms with E-state index in [1.807, 2.05) is 30.5 Å². The largest absolute Gasteiger partial charge is 0.497 e. The number of hydrogen-bond acceptors (Lipinski definition) is 3. The predicted octanol–water partition coefficient (Wildman–Crippen LogP) is 2.94. The van der Waals surface area contributed by atoms with Crippen LogP contribution in [0.5, 0.6) is 5.75 Å². The van der Waals surface area contributed by atoms with Gasteiger partial charge < -0.3 is 10.1 Å². The number of methoxy groups -OCH3 is 1. The van der Waals surface area contributed by atoms with E-state index in [1.165, 1.54) is 11.1 Å². The molecule has 1 aromatic heterocycles. The lowest BCUT2D eigenvalue weighted by Crippen LogP contribution is -2.18. The smallest absolute Gasteiger partial charge is 0.119 e. The van der Waals surface area contributed by atoms with Crippen molar-refractivity contribution in [3.05, 3.63) is 59.9 Å². The van der Waals surface area contributed by atoms with E-state index in [9.17, 15) is 0 Å². The number of nitrogens with zero attached hydrogens (tertiary/aromatic N) is 1. The third-order valence-electron chi connectivity index (χ3n) is 2.93. The van der Waals surface area contributed by atoms with Crippen molar-refractivity contribution in [3.63, 3.8) is 0 Å². The molecule has 0 fully saturated rings. The average molecular weight is 242 g/mol. The second kappa shape index (κ2) is 6.17. The maximum atomic E-state index is 5.21. The van der Waals surface area contributed by atoms with Gasteiger partial charge in [-0.1, -0.05) is 18.2 Å². The van der Waals surface area contributed by atoms with E-state index in [0.717, 1.165) is 12.3 Å². The Kier molecular flexibility index (Phi) is 4.31. The molecule has 0 aliphatic heterocycles. The molecule has 94 valence electrons. The molecule has 0 saturated carbocycles. The molecule has 0 spiro atoms. The second-order valence-corrected chi connectivity index (χ2v) is 4.24. The molecule has 1 heterocycles. The van der Waals surface area contributed by atoms with E-state index in [2.05, 4.69) is 29.4 Å². The summed E-state index contributed by atoms with van der Waals surface area (Å²) in [6, 6.07) is 12.4. The molecule has 2 aromatic rings. The molecule has 1 aromatic carbocycles. The molecule has 1 atom stereocenters. The van der Waals surface area contributed by atoms with E-state index in [0.29, 0.717) is 0 Å². The van der Waals surface area contributed by atoms with Gasteiger partial charge in [0.1, 0.15) is 5.75 Å². The van der Waals surface area contributed by atoms with Crippen molar-refractivity contribution >= 4 is 0 Å². The van der Waals surface area contributed by atoms with Gasteiger partial charge in [0.05, 0.1) is 7.11 Å². The minimum absolute atomic E-state index is 0.282. The van der Waals surface area contributed by atoms with E-state index in [4.69, 9.17) is 4.74 Å². The van der Waals surface area contributed by atoms with Gasteiger partial charge in [-0.3, -0.25) is 4.98 Å². The summed E-state index contributed by atoms with van der Waals surface area (Å²) in [7, 11) is 1.69. The molecule has 2 rings (SSSR count). The summed E-state index contributed by atoms with van der Waals surface area (Å²) in [6.45, 7) is 2.95. The lowest BCUT2D eigenvalue weighted by Gasteiger charge is -2.14. The summed E-state index contributed by atoms with van der Waals surface area (Å²) in [4.78, 5) is 4.13. The second-order valence-electron chi connectivity index (χ2n) is 4.24. The minimum Gasteiger partial charge on any atom is -0.497 e. The monoisotopic (exact) mass is 242 g/mol. The first kappa shape index (κ1) is 12.6. The number of aromatic nitrogens is 1. The van der Waals surface area contributed by atoms with Crippen LogP contribution < -0.4 is 10.1 Å². The first-order chi connectivity index (χ1) is 8.79. The molecule has 0 bridgehead atoms. The fourth-order valence-electron chi connectivity index (χ4n) is 1.80. The molecule has 0 saturated heterocycles. The molecule has 1 unspecified atom stereocenters. The highest BCUT2D eigenvalue weighted by molar-refractivity contribution is 5.28. The average Bonchev–Trinajstić information content (AvgIpc) is 2.46. The zero-order chi connectivity index (χ0) is 12.8. The molecule has 3 heteroatoms. The lowest BCUT2D eigenvalue weighted by molar-refractivity contribution is 0.414. The summed E-state index contributed by atoms with van der Waals surface area (Å²) in [5.74, 6) is 0.892. The van der Waals surface area contributed by atoms with Crippen molar-refractivity contribution < 1.29 is 4.74 Å². The van der Waals surface area contributed by atoms with Crippen LogP contribution in [-0.2, 0) is 6.54 Å².